The molecule has 3 aromatic rings. The number of carbonyl (C=O) groups is 2. The Morgan fingerprint density at radius 3 is 2.48 bits per heavy atom. The lowest BCUT2D eigenvalue weighted by Gasteiger charge is -2.17. The molecule has 1 aliphatic heterocycles. The number of nitrogens with zero attached hydrogens (tertiary/aromatic N) is 2. The molecule has 6 heteroatoms. The minimum Gasteiger partial charge on any atom is -0.360 e. The maximum absolute atomic E-state index is 12.9. The third kappa shape index (κ3) is 3.33. The van der Waals surface area contributed by atoms with E-state index >= 15 is 0 Å². The highest BCUT2D eigenvalue weighted by Crippen LogP contribution is 2.26. The van der Waals surface area contributed by atoms with Gasteiger partial charge in [0.2, 0.25) is 5.91 Å². The summed E-state index contributed by atoms with van der Waals surface area (Å²) in [6.45, 7) is 2.16. The number of hydrogen-bond donors (Lipinski definition) is 1. The largest absolute Gasteiger partial charge is 0.360 e. The molecule has 0 unspecified atom stereocenters. The van der Waals surface area contributed by atoms with Crippen LogP contribution in [0.5, 0.6) is 0 Å². The van der Waals surface area contributed by atoms with Gasteiger partial charge in [-0.2, -0.15) is 0 Å². The topological polar surface area (TPSA) is 75.4 Å². The van der Waals surface area contributed by atoms with Crippen LogP contribution in [0.25, 0.3) is 11.3 Å². The predicted molar refractivity (Wildman–Crippen MR) is 101 cm³/mol. The molecule has 1 aromatic heterocycles. The maximum Gasteiger partial charge on any atom is 0.257 e. The number of anilines is 1. The SMILES string of the molecule is Cc1onc(-c2ccccc2)c1C(=O)N[C@H]1CC(=O)N(c2ccccc2)C1. The number of aromatic nitrogens is 1. The summed E-state index contributed by atoms with van der Waals surface area (Å²) < 4.78 is 5.26. The van der Waals surface area contributed by atoms with Gasteiger partial charge in [-0.25, -0.2) is 0 Å². The molecule has 6 nitrogen and oxygen atoms in total. The number of benzene rings is 2. The summed E-state index contributed by atoms with van der Waals surface area (Å²) in [5, 5.41) is 7.01. The van der Waals surface area contributed by atoms with Gasteiger partial charge < -0.3 is 14.7 Å². The van der Waals surface area contributed by atoms with Crippen molar-refractivity contribution in [2.75, 3.05) is 11.4 Å². The number of nitrogens with one attached hydrogen (secondary N) is 1. The third-order valence-corrected chi connectivity index (χ3v) is 4.67. The summed E-state index contributed by atoms with van der Waals surface area (Å²) in [5.74, 6) is 0.174. The Morgan fingerprint density at radius 1 is 1.11 bits per heavy atom. The van der Waals surface area contributed by atoms with Crippen LogP contribution in [0, 0.1) is 6.92 Å². The van der Waals surface area contributed by atoms with Crippen molar-refractivity contribution in [2.24, 2.45) is 0 Å². The highest BCUT2D eigenvalue weighted by atomic mass is 16.5. The number of rotatable bonds is 4. The number of hydrogen-bond acceptors (Lipinski definition) is 4. The van der Waals surface area contributed by atoms with E-state index in [2.05, 4.69) is 10.5 Å². The Bertz CT molecular complexity index is 967. The minimum absolute atomic E-state index is 0.00294. The molecule has 2 amide bonds. The standard InChI is InChI=1S/C21H19N3O3/c1-14-19(20(23-27-14)15-8-4-2-5-9-15)21(26)22-16-12-18(25)24(13-16)17-10-6-3-7-11-17/h2-11,16H,12-13H2,1H3,(H,22,26)/t16-/m0/s1. The van der Waals surface area contributed by atoms with Crippen molar-refractivity contribution in [1.82, 2.24) is 10.5 Å². The summed E-state index contributed by atoms with van der Waals surface area (Å²) >= 11 is 0. The highest BCUT2D eigenvalue weighted by molar-refractivity contribution is 6.02. The first kappa shape index (κ1) is 17.0. The highest BCUT2D eigenvalue weighted by Gasteiger charge is 2.33. The lowest BCUT2D eigenvalue weighted by molar-refractivity contribution is -0.117. The number of para-hydroxylation sites is 1. The van der Waals surface area contributed by atoms with Crippen molar-refractivity contribution >= 4 is 17.5 Å². The molecule has 1 fully saturated rings. The van der Waals surface area contributed by atoms with Crippen molar-refractivity contribution in [3.63, 3.8) is 0 Å². The van der Waals surface area contributed by atoms with Gasteiger partial charge in [0, 0.05) is 24.2 Å². The first-order valence-electron chi connectivity index (χ1n) is 8.81. The average molecular weight is 361 g/mol. The van der Waals surface area contributed by atoms with Gasteiger partial charge in [-0.15, -0.1) is 0 Å². The molecule has 1 saturated heterocycles. The normalized spacial score (nSPS) is 16.6. The number of carbonyl (C=O) groups excluding carboxylic acids is 2. The zero-order chi connectivity index (χ0) is 18.8. The van der Waals surface area contributed by atoms with E-state index in [0.717, 1.165) is 11.3 Å². The summed E-state index contributed by atoms with van der Waals surface area (Å²) in [6, 6.07) is 18.6. The predicted octanol–water partition coefficient (Wildman–Crippen LogP) is 3.19. The van der Waals surface area contributed by atoms with E-state index in [1.165, 1.54) is 0 Å². The maximum atomic E-state index is 12.9. The Hall–Kier alpha value is -3.41. The van der Waals surface area contributed by atoms with Crippen molar-refractivity contribution in [3.05, 3.63) is 72.0 Å². The van der Waals surface area contributed by atoms with Gasteiger partial charge in [0.15, 0.2) is 0 Å². The van der Waals surface area contributed by atoms with Gasteiger partial charge in [-0.3, -0.25) is 9.59 Å². The lowest BCUT2D eigenvalue weighted by Crippen LogP contribution is -2.37. The van der Waals surface area contributed by atoms with Gasteiger partial charge in [-0.1, -0.05) is 53.7 Å². The number of aryl methyl sites for hydroxylation is 1. The fraction of sp³-hybridized carbons (Fsp3) is 0.190. The first-order valence-corrected chi connectivity index (χ1v) is 8.81. The number of amides is 2. The molecular weight excluding hydrogens is 342 g/mol. The van der Waals surface area contributed by atoms with Gasteiger partial charge in [-0.05, 0) is 19.1 Å². The molecule has 1 N–H and O–H groups in total. The van der Waals surface area contributed by atoms with Crippen LogP contribution < -0.4 is 10.2 Å². The van der Waals surface area contributed by atoms with Gasteiger partial charge >= 0.3 is 0 Å². The van der Waals surface area contributed by atoms with E-state index < -0.39 is 0 Å². The van der Waals surface area contributed by atoms with Gasteiger partial charge in [0.1, 0.15) is 17.0 Å². The van der Waals surface area contributed by atoms with Gasteiger partial charge in [0.05, 0.1) is 6.04 Å². The Morgan fingerprint density at radius 2 is 1.78 bits per heavy atom. The summed E-state index contributed by atoms with van der Waals surface area (Å²) in [7, 11) is 0. The Labute approximate surface area is 156 Å². The van der Waals surface area contributed by atoms with Crippen molar-refractivity contribution in [3.8, 4) is 11.3 Å². The minimum atomic E-state index is -0.277. The molecule has 136 valence electrons. The second kappa shape index (κ2) is 7.07. The molecule has 0 saturated carbocycles. The summed E-state index contributed by atoms with van der Waals surface area (Å²) in [6.07, 6.45) is 0.269. The van der Waals surface area contributed by atoms with E-state index in [1.807, 2.05) is 60.7 Å². The quantitative estimate of drug-likeness (QED) is 0.774. The first-order chi connectivity index (χ1) is 13.1. The van der Waals surface area contributed by atoms with E-state index in [0.29, 0.717) is 23.6 Å². The molecule has 4 rings (SSSR count). The van der Waals surface area contributed by atoms with Gasteiger partial charge in [0.25, 0.3) is 5.91 Å². The van der Waals surface area contributed by atoms with Crippen LogP contribution in [0.2, 0.25) is 0 Å². The molecule has 0 aliphatic carbocycles. The molecule has 2 aromatic carbocycles. The van der Waals surface area contributed by atoms with E-state index in [9.17, 15) is 9.59 Å². The molecule has 27 heavy (non-hydrogen) atoms. The van der Waals surface area contributed by atoms with Crippen molar-refractivity contribution in [2.45, 2.75) is 19.4 Å². The fourth-order valence-corrected chi connectivity index (χ4v) is 3.35. The van der Waals surface area contributed by atoms with Crippen molar-refractivity contribution < 1.29 is 14.1 Å². The second-order valence-electron chi connectivity index (χ2n) is 6.54. The van der Waals surface area contributed by atoms with Crippen LogP contribution in [0.15, 0.2) is 65.2 Å². The van der Waals surface area contributed by atoms with E-state index in [-0.39, 0.29) is 24.3 Å². The van der Waals surface area contributed by atoms with Crippen LogP contribution in [-0.2, 0) is 4.79 Å². The van der Waals surface area contributed by atoms with Crippen LogP contribution in [0.4, 0.5) is 5.69 Å². The lowest BCUT2D eigenvalue weighted by atomic mass is 10.1. The van der Waals surface area contributed by atoms with Crippen LogP contribution in [-0.4, -0.2) is 29.6 Å². The van der Waals surface area contributed by atoms with Crippen LogP contribution >= 0.6 is 0 Å². The van der Waals surface area contributed by atoms with E-state index in [4.69, 9.17) is 4.52 Å². The Kier molecular flexibility index (Phi) is 4.46. The van der Waals surface area contributed by atoms with Crippen molar-refractivity contribution in [1.29, 1.82) is 0 Å². The molecule has 0 radical (unpaired) electrons. The zero-order valence-corrected chi connectivity index (χ0v) is 14.9. The monoisotopic (exact) mass is 361 g/mol. The summed E-state index contributed by atoms with van der Waals surface area (Å²) in [5.41, 5.74) is 2.57. The molecule has 0 spiro atoms. The molecule has 1 aliphatic rings. The average Bonchev–Trinajstić information content (AvgIpc) is 3.25. The van der Waals surface area contributed by atoms with Crippen LogP contribution in [0.1, 0.15) is 22.5 Å². The Balaban J connectivity index is 1.53. The molecule has 2 heterocycles. The summed E-state index contributed by atoms with van der Waals surface area (Å²) in [4.78, 5) is 26.9. The molecule has 1 atom stereocenters. The molecule has 0 bridgehead atoms. The smallest absolute Gasteiger partial charge is 0.257 e. The second-order valence-corrected chi connectivity index (χ2v) is 6.54. The molecular formula is C21H19N3O3. The van der Waals surface area contributed by atoms with E-state index in [1.54, 1.807) is 11.8 Å². The van der Waals surface area contributed by atoms with Crippen LogP contribution in [0.3, 0.4) is 0 Å². The zero-order valence-electron chi connectivity index (χ0n) is 14.9. The third-order valence-electron chi connectivity index (χ3n) is 4.67. The fourth-order valence-electron chi connectivity index (χ4n) is 3.35.